The molecule has 1 heterocycles. The zero-order valence-electron chi connectivity index (χ0n) is 16.7. The lowest BCUT2D eigenvalue weighted by Crippen LogP contribution is -2.54. The fraction of sp³-hybridized carbons (Fsp3) is 0.571. The maximum atomic E-state index is 12.8. The van der Waals surface area contributed by atoms with Gasteiger partial charge >= 0.3 is 18.0 Å². The molecule has 1 atom stereocenters. The molecule has 7 nitrogen and oxygen atoms in total. The number of hydrogen-bond donors (Lipinski definition) is 1. The molecular weight excluding hydrogens is 360 g/mol. The number of likely N-dealkylation sites (tertiary alicyclic amines) is 1. The van der Waals surface area contributed by atoms with E-state index >= 15 is 0 Å². The molecule has 0 saturated carbocycles. The Balaban J connectivity index is 2.04. The molecule has 2 amide bonds. The first kappa shape index (κ1) is 21.7. The number of hydrogen-bond acceptors (Lipinski definition) is 5. The van der Waals surface area contributed by atoms with Crippen LogP contribution < -0.4 is 5.32 Å². The topological polar surface area (TPSA) is 84.9 Å². The Morgan fingerprint density at radius 2 is 1.82 bits per heavy atom. The predicted molar refractivity (Wildman–Crippen MR) is 105 cm³/mol. The minimum absolute atomic E-state index is 0.125. The van der Waals surface area contributed by atoms with Crippen molar-refractivity contribution in [1.82, 2.24) is 10.2 Å². The predicted octanol–water partition coefficient (Wildman–Crippen LogP) is 2.54. The highest BCUT2D eigenvalue weighted by Gasteiger charge is 2.44. The van der Waals surface area contributed by atoms with Gasteiger partial charge in [0.1, 0.15) is 0 Å². The van der Waals surface area contributed by atoms with E-state index in [0.29, 0.717) is 39.1 Å². The van der Waals surface area contributed by atoms with Crippen molar-refractivity contribution >= 4 is 18.0 Å². The van der Waals surface area contributed by atoms with Crippen LogP contribution in [0.5, 0.6) is 0 Å². The van der Waals surface area contributed by atoms with E-state index < -0.39 is 5.41 Å². The zero-order valence-corrected chi connectivity index (χ0v) is 16.7. The quantitative estimate of drug-likeness (QED) is 0.690. The summed E-state index contributed by atoms with van der Waals surface area (Å²) in [5, 5.41) is 2.75. The summed E-state index contributed by atoms with van der Waals surface area (Å²) >= 11 is 0. The van der Waals surface area contributed by atoms with E-state index in [-0.39, 0.29) is 30.9 Å². The first-order valence-corrected chi connectivity index (χ1v) is 9.90. The van der Waals surface area contributed by atoms with Gasteiger partial charge in [0.15, 0.2) is 0 Å². The van der Waals surface area contributed by atoms with Crippen LogP contribution in [0, 0.1) is 5.41 Å². The summed E-state index contributed by atoms with van der Waals surface area (Å²) in [6, 6.07) is 9.52. The fourth-order valence-electron chi connectivity index (χ4n) is 3.58. The Morgan fingerprint density at radius 3 is 2.50 bits per heavy atom. The second-order valence-electron chi connectivity index (χ2n) is 6.98. The molecule has 1 aliphatic heterocycles. The minimum Gasteiger partial charge on any atom is -0.466 e. The van der Waals surface area contributed by atoms with Crippen LogP contribution >= 0.6 is 0 Å². The molecule has 1 aromatic carbocycles. The summed E-state index contributed by atoms with van der Waals surface area (Å²) < 4.78 is 10.2. The summed E-state index contributed by atoms with van der Waals surface area (Å²) in [5.74, 6) is -0.603. The smallest absolute Gasteiger partial charge is 0.317 e. The first-order chi connectivity index (χ1) is 13.5. The molecule has 1 aliphatic rings. The van der Waals surface area contributed by atoms with Crippen molar-refractivity contribution in [1.29, 1.82) is 0 Å². The molecule has 0 aliphatic carbocycles. The Bertz CT molecular complexity index is 664. The van der Waals surface area contributed by atoms with Crippen LogP contribution in [0.4, 0.5) is 4.79 Å². The van der Waals surface area contributed by atoms with Gasteiger partial charge in [-0.05, 0) is 38.7 Å². The molecule has 28 heavy (non-hydrogen) atoms. The van der Waals surface area contributed by atoms with E-state index in [2.05, 4.69) is 5.32 Å². The summed E-state index contributed by atoms with van der Waals surface area (Å²) in [7, 11) is 0. The third kappa shape index (κ3) is 5.97. The first-order valence-electron chi connectivity index (χ1n) is 9.90. The van der Waals surface area contributed by atoms with E-state index in [9.17, 15) is 14.4 Å². The highest BCUT2D eigenvalue weighted by Crippen LogP contribution is 2.35. The van der Waals surface area contributed by atoms with Crippen LogP contribution in [-0.2, 0) is 25.5 Å². The van der Waals surface area contributed by atoms with Crippen LogP contribution in [0.2, 0.25) is 0 Å². The van der Waals surface area contributed by atoms with Gasteiger partial charge in [0.25, 0.3) is 0 Å². The summed E-state index contributed by atoms with van der Waals surface area (Å²) in [6.45, 7) is 5.23. The number of piperidine rings is 1. The fourth-order valence-corrected chi connectivity index (χ4v) is 3.58. The van der Waals surface area contributed by atoms with Gasteiger partial charge < -0.3 is 19.7 Å². The molecular formula is C21H30N2O5. The van der Waals surface area contributed by atoms with Gasteiger partial charge in [-0.15, -0.1) is 0 Å². The second kappa shape index (κ2) is 10.7. The van der Waals surface area contributed by atoms with Crippen molar-refractivity contribution in [2.75, 3.05) is 32.8 Å². The minimum atomic E-state index is -0.756. The van der Waals surface area contributed by atoms with Gasteiger partial charge in [0.2, 0.25) is 0 Å². The van der Waals surface area contributed by atoms with Crippen molar-refractivity contribution in [2.45, 2.75) is 39.5 Å². The van der Waals surface area contributed by atoms with E-state index in [1.807, 2.05) is 30.3 Å². The number of amides is 2. The van der Waals surface area contributed by atoms with Crippen LogP contribution in [-0.4, -0.2) is 55.7 Å². The van der Waals surface area contributed by atoms with Gasteiger partial charge in [0.05, 0.1) is 25.0 Å². The van der Waals surface area contributed by atoms with Crippen LogP contribution in [0.25, 0.3) is 0 Å². The maximum absolute atomic E-state index is 12.8. The monoisotopic (exact) mass is 390 g/mol. The van der Waals surface area contributed by atoms with Crippen molar-refractivity contribution < 1.29 is 23.9 Å². The van der Waals surface area contributed by atoms with Gasteiger partial charge in [0, 0.05) is 19.6 Å². The highest BCUT2D eigenvalue weighted by atomic mass is 16.5. The summed E-state index contributed by atoms with van der Waals surface area (Å²) in [5.41, 5.74) is 0.286. The summed E-state index contributed by atoms with van der Waals surface area (Å²) in [4.78, 5) is 38.5. The van der Waals surface area contributed by atoms with Gasteiger partial charge in [-0.25, -0.2) is 4.79 Å². The third-order valence-electron chi connectivity index (χ3n) is 4.87. The van der Waals surface area contributed by atoms with Gasteiger partial charge in [-0.3, -0.25) is 9.59 Å². The van der Waals surface area contributed by atoms with Crippen molar-refractivity contribution in [2.24, 2.45) is 5.41 Å². The van der Waals surface area contributed by atoms with E-state index in [1.165, 1.54) is 0 Å². The molecule has 1 saturated heterocycles. The number of benzene rings is 1. The third-order valence-corrected chi connectivity index (χ3v) is 4.87. The van der Waals surface area contributed by atoms with Crippen LogP contribution in [0.15, 0.2) is 30.3 Å². The van der Waals surface area contributed by atoms with Crippen molar-refractivity contribution in [3.63, 3.8) is 0 Å². The Kier molecular flexibility index (Phi) is 8.29. The molecule has 0 aromatic heterocycles. The van der Waals surface area contributed by atoms with E-state index in [1.54, 1.807) is 18.7 Å². The summed E-state index contributed by atoms with van der Waals surface area (Å²) in [6.07, 6.45) is 2.05. The number of rotatable bonds is 8. The lowest BCUT2D eigenvalue weighted by Gasteiger charge is -2.41. The number of nitrogens with zero attached hydrogens (tertiary/aromatic N) is 1. The van der Waals surface area contributed by atoms with Crippen LogP contribution in [0.3, 0.4) is 0 Å². The Labute approximate surface area is 166 Å². The standard InChI is InChI=1S/C21H30N2O5/c1-3-27-18(24)11-13-22-20(26)23-14-8-12-21(16-23,19(25)28-4-2)15-17-9-6-5-7-10-17/h5-7,9-10H,3-4,8,11-16H2,1-2H3,(H,22,26)/t21-/m1/s1. The Morgan fingerprint density at radius 1 is 1.11 bits per heavy atom. The normalized spacial score (nSPS) is 19.0. The number of nitrogens with one attached hydrogen (secondary N) is 1. The molecule has 1 fully saturated rings. The molecule has 2 rings (SSSR count). The molecule has 0 spiro atoms. The molecule has 7 heteroatoms. The van der Waals surface area contributed by atoms with Gasteiger partial charge in [-0.1, -0.05) is 30.3 Å². The van der Waals surface area contributed by atoms with E-state index in [0.717, 1.165) is 12.0 Å². The number of esters is 2. The number of carbonyl (C=O) groups excluding carboxylic acids is 3. The lowest BCUT2D eigenvalue weighted by atomic mass is 9.75. The Hall–Kier alpha value is -2.57. The average molecular weight is 390 g/mol. The van der Waals surface area contributed by atoms with Crippen molar-refractivity contribution in [3.8, 4) is 0 Å². The average Bonchev–Trinajstić information content (AvgIpc) is 2.69. The molecule has 0 radical (unpaired) electrons. The van der Waals surface area contributed by atoms with Crippen molar-refractivity contribution in [3.05, 3.63) is 35.9 Å². The second-order valence-corrected chi connectivity index (χ2v) is 6.98. The number of carbonyl (C=O) groups is 3. The number of ether oxygens (including phenoxy) is 2. The zero-order chi connectivity index (χ0) is 20.4. The van der Waals surface area contributed by atoms with Gasteiger partial charge in [-0.2, -0.15) is 0 Å². The molecule has 1 N–H and O–H groups in total. The SMILES string of the molecule is CCOC(=O)CCNC(=O)N1CCC[C@](Cc2ccccc2)(C(=O)OCC)C1. The largest absolute Gasteiger partial charge is 0.466 e. The molecule has 0 bridgehead atoms. The highest BCUT2D eigenvalue weighted by molar-refractivity contribution is 5.80. The number of urea groups is 1. The maximum Gasteiger partial charge on any atom is 0.317 e. The lowest BCUT2D eigenvalue weighted by molar-refractivity contribution is -0.158. The molecule has 154 valence electrons. The molecule has 0 unspecified atom stereocenters. The molecule has 1 aromatic rings. The van der Waals surface area contributed by atoms with E-state index in [4.69, 9.17) is 9.47 Å². The van der Waals surface area contributed by atoms with Crippen LogP contribution in [0.1, 0.15) is 38.7 Å².